The number of halogens is 2. The van der Waals surface area contributed by atoms with Gasteiger partial charge in [0.1, 0.15) is 17.3 Å². The molecular weight excluding hydrogens is 325 g/mol. The number of nitrogens with one attached hydrogen (secondary N) is 1. The van der Waals surface area contributed by atoms with E-state index in [1.807, 2.05) is 27.7 Å². The molecule has 25 heavy (non-hydrogen) atoms. The van der Waals surface area contributed by atoms with Crippen molar-refractivity contribution in [3.8, 4) is 0 Å². The molecule has 7 heteroatoms. The Labute approximate surface area is 146 Å². The van der Waals surface area contributed by atoms with Crippen LogP contribution in [0, 0.1) is 11.6 Å². The molecule has 2 aromatic rings. The third-order valence-electron chi connectivity index (χ3n) is 4.81. The molecule has 2 aromatic carbocycles. The van der Waals surface area contributed by atoms with Gasteiger partial charge in [-0.2, -0.15) is 0 Å². The number of hydrogen-bond acceptors (Lipinski definition) is 4. The lowest BCUT2D eigenvalue weighted by molar-refractivity contribution is 0.00578. The molecule has 3 N–H and O–H groups in total. The molecule has 0 bridgehead atoms. The average molecular weight is 346 g/mol. The summed E-state index contributed by atoms with van der Waals surface area (Å²) in [5.41, 5.74) is 6.14. The summed E-state index contributed by atoms with van der Waals surface area (Å²) < 4.78 is 40.0. The minimum absolute atomic E-state index is 0.231. The van der Waals surface area contributed by atoms with Gasteiger partial charge in [0.25, 0.3) is 0 Å². The average Bonchev–Trinajstić information content (AvgIpc) is 2.72. The minimum Gasteiger partial charge on any atom is -0.399 e. The van der Waals surface area contributed by atoms with Crippen molar-refractivity contribution in [3.05, 3.63) is 48.0 Å². The van der Waals surface area contributed by atoms with E-state index in [1.54, 1.807) is 18.2 Å². The molecular formula is C18H21BF2N2O2. The highest BCUT2D eigenvalue weighted by atomic mass is 19.1. The molecule has 0 radical (unpaired) electrons. The highest BCUT2D eigenvalue weighted by molar-refractivity contribution is 6.64. The van der Waals surface area contributed by atoms with Gasteiger partial charge in [-0.05, 0) is 58.0 Å². The molecule has 1 aliphatic heterocycles. The minimum atomic E-state index is -0.703. The van der Waals surface area contributed by atoms with Crippen LogP contribution in [0.25, 0.3) is 0 Å². The molecule has 1 aliphatic rings. The van der Waals surface area contributed by atoms with Crippen LogP contribution in [-0.4, -0.2) is 18.3 Å². The molecule has 0 unspecified atom stereocenters. The number of hydrogen-bond donors (Lipinski definition) is 2. The van der Waals surface area contributed by atoms with Gasteiger partial charge in [-0.3, -0.25) is 0 Å². The third kappa shape index (κ3) is 3.21. The predicted octanol–water partition coefficient (Wildman–Crippen LogP) is 3.59. The predicted molar refractivity (Wildman–Crippen MR) is 96.2 cm³/mol. The van der Waals surface area contributed by atoms with E-state index < -0.39 is 30.0 Å². The van der Waals surface area contributed by atoms with Gasteiger partial charge >= 0.3 is 7.12 Å². The van der Waals surface area contributed by atoms with Crippen LogP contribution in [0.5, 0.6) is 0 Å². The summed E-state index contributed by atoms with van der Waals surface area (Å²) in [6, 6.07) is 8.68. The van der Waals surface area contributed by atoms with Crippen LogP contribution < -0.4 is 16.5 Å². The van der Waals surface area contributed by atoms with E-state index >= 15 is 0 Å². The lowest BCUT2D eigenvalue weighted by Crippen LogP contribution is -2.41. The maximum atomic E-state index is 14.0. The van der Waals surface area contributed by atoms with Gasteiger partial charge in [-0.1, -0.05) is 6.07 Å². The fraction of sp³-hybridized carbons (Fsp3) is 0.333. The molecule has 3 rings (SSSR count). The van der Waals surface area contributed by atoms with Crippen molar-refractivity contribution in [3.63, 3.8) is 0 Å². The van der Waals surface area contributed by atoms with E-state index in [9.17, 15) is 8.78 Å². The lowest BCUT2D eigenvalue weighted by Gasteiger charge is -2.32. The number of rotatable bonds is 3. The van der Waals surface area contributed by atoms with Crippen LogP contribution in [0.4, 0.5) is 25.8 Å². The van der Waals surface area contributed by atoms with Crippen LogP contribution in [0.15, 0.2) is 36.4 Å². The summed E-state index contributed by atoms with van der Waals surface area (Å²) in [6.07, 6.45) is 0. The van der Waals surface area contributed by atoms with Crippen molar-refractivity contribution >= 4 is 29.6 Å². The van der Waals surface area contributed by atoms with Gasteiger partial charge in [0.05, 0.1) is 11.2 Å². The van der Waals surface area contributed by atoms with Crippen LogP contribution in [0.2, 0.25) is 0 Å². The topological polar surface area (TPSA) is 56.5 Å². The first-order chi connectivity index (χ1) is 11.6. The molecule has 4 nitrogen and oxygen atoms in total. The largest absolute Gasteiger partial charge is 0.497 e. The molecule has 0 amide bonds. The van der Waals surface area contributed by atoms with E-state index in [-0.39, 0.29) is 5.69 Å². The Kier molecular flexibility index (Phi) is 4.25. The summed E-state index contributed by atoms with van der Waals surface area (Å²) in [4.78, 5) is 0. The standard InChI is InChI=1S/C18H21BF2N2O2/c1-17(2)18(3,4)25-19(24-17)12-10-11(22)8-9-15(12)23-16-13(20)6-5-7-14(16)21/h5-10,23H,22H2,1-4H3. The zero-order chi connectivity index (χ0) is 18.4. The monoisotopic (exact) mass is 346 g/mol. The van der Waals surface area contributed by atoms with Crippen molar-refractivity contribution in [1.29, 1.82) is 0 Å². The quantitative estimate of drug-likeness (QED) is 0.659. The van der Waals surface area contributed by atoms with Crippen molar-refractivity contribution in [2.45, 2.75) is 38.9 Å². The Morgan fingerprint density at radius 3 is 2.08 bits per heavy atom. The van der Waals surface area contributed by atoms with E-state index in [4.69, 9.17) is 15.0 Å². The van der Waals surface area contributed by atoms with Crippen molar-refractivity contribution in [2.75, 3.05) is 11.1 Å². The third-order valence-corrected chi connectivity index (χ3v) is 4.81. The van der Waals surface area contributed by atoms with E-state index in [0.717, 1.165) is 0 Å². The van der Waals surface area contributed by atoms with Gasteiger partial charge in [0, 0.05) is 16.8 Å². The second-order valence-electron chi connectivity index (χ2n) is 7.16. The number of nitrogen functional groups attached to an aromatic ring is 1. The first kappa shape index (κ1) is 17.7. The zero-order valence-corrected chi connectivity index (χ0v) is 14.7. The highest BCUT2D eigenvalue weighted by Gasteiger charge is 2.52. The van der Waals surface area contributed by atoms with Crippen molar-refractivity contribution < 1.29 is 18.1 Å². The highest BCUT2D eigenvalue weighted by Crippen LogP contribution is 2.37. The zero-order valence-electron chi connectivity index (χ0n) is 14.7. The molecule has 0 aromatic heterocycles. The Balaban J connectivity index is 2.00. The van der Waals surface area contributed by atoms with Crippen LogP contribution >= 0.6 is 0 Å². The van der Waals surface area contributed by atoms with Crippen LogP contribution in [0.1, 0.15) is 27.7 Å². The molecule has 0 atom stereocenters. The van der Waals surface area contributed by atoms with Crippen LogP contribution in [0.3, 0.4) is 0 Å². The Morgan fingerprint density at radius 1 is 0.960 bits per heavy atom. The Bertz CT molecular complexity index is 775. The number of para-hydroxylation sites is 1. The SMILES string of the molecule is CC1(C)OB(c2cc(N)ccc2Nc2c(F)cccc2F)OC1(C)C. The van der Waals surface area contributed by atoms with Crippen molar-refractivity contribution in [1.82, 2.24) is 0 Å². The molecule has 0 saturated carbocycles. The van der Waals surface area contributed by atoms with Gasteiger partial charge in [-0.25, -0.2) is 8.78 Å². The second-order valence-corrected chi connectivity index (χ2v) is 7.16. The van der Waals surface area contributed by atoms with Crippen molar-refractivity contribution in [2.24, 2.45) is 0 Å². The number of anilines is 3. The molecule has 0 spiro atoms. The van der Waals surface area contributed by atoms with Gasteiger partial charge in [0.2, 0.25) is 0 Å². The maximum Gasteiger partial charge on any atom is 0.497 e. The molecule has 1 heterocycles. The van der Waals surface area contributed by atoms with Gasteiger partial charge in [0.15, 0.2) is 0 Å². The maximum absolute atomic E-state index is 14.0. The Hall–Kier alpha value is -2.12. The first-order valence-corrected chi connectivity index (χ1v) is 8.07. The fourth-order valence-corrected chi connectivity index (χ4v) is 2.61. The summed E-state index contributed by atoms with van der Waals surface area (Å²) in [7, 11) is -0.703. The summed E-state index contributed by atoms with van der Waals surface area (Å²) >= 11 is 0. The van der Waals surface area contributed by atoms with E-state index in [2.05, 4.69) is 5.32 Å². The van der Waals surface area contributed by atoms with Gasteiger partial charge < -0.3 is 20.4 Å². The second kappa shape index (κ2) is 6.00. The number of benzene rings is 2. The molecule has 132 valence electrons. The van der Waals surface area contributed by atoms with Crippen LogP contribution in [-0.2, 0) is 9.31 Å². The molecule has 0 aliphatic carbocycles. The summed E-state index contributed by atoms with van der Waals surface area (Å²) in [5.74, 6) is -1.37. The summed E-state index contributed by atoms with van der Waals surface area (Å²) in [6.45, 7) is 7.73. The normalized spacial score (nSPS) is 18.4. The lowest BCUT2D eigenvalue weighted by atomic mass is 9.77. The summed E-state index contributed by atoms with van der Waals surface area (Å²) in [5, 5.41) is 2.80. The van der Waals surface area contributed by atoms with E-state index in [0.29, 0.717) is 16.8 Å². The fourth-order valence-electron chi connectivity index (χ4n) is 2.61. The molecule has 1 saturated heterocycles. The number of nitrogens with two attached hydrogens (primary N) is 1. The van der Waals surface area contributed by atoms with E-state index in [1.165, 1.54) is 18.2 Å². The smallest absolute Gasteiger partial charge is 0.399 e. The Morgan fingerprint density at radius 2 is 1.52 bits per heavy atom. The first-order valence-electron chi connectivity index (χ1n) is 8.07. The van der Waals surface area contributed by atoms with Gasteiger partial charge in [-0.15, -0.1) is 0 Å². The molecule has 1 fully saturated rings.